The fourth-order valence-electron chi connectivity index (χ4n) is 3.32. The van der Waals surface area contributed by atoms with E-state index in [4.69, 9.17) is 17.3 Å². The first-order valence-corrected chi connectivity index (χ1v) is 6.58. The lowest BCUT2D eigenvalue weighted by Gasteiger charge is -2.26. The average Bonchev–Trinajstić information content (AvgIpc) is 2.89. The number of nitrogens with one attached hydrogen (secondary N) is 1. The molecule has 3 rings (SSSR count). The quantitative estimate of drug-likeness (QED) is 0.794. The summed E-state index contributed by atoms with van der Waals surface area (Å²) in [6.07, 6.45) is 4.86. The summed E-state index contributed by atoms with van der Waals surface area (Å²) in [6.45, 7) is 0. The van der Waals surface area contributed by atoms with Gasteiger partial charge in [0, 0.05) is 12.2 Å². The lowest BCUT2D eigenvalue weighted by Crippen LogP contribution is -2.42. The van der Waals surface area contributed by atoms with Crippen LogP contribution in [0.15, 0.2) is 12.3 Å². The summed E-state index contributed by atoms with van der Waals surface area (Å²) < 4.78 is 0. The number of rotatable bonds is 2. The van der Waals surface area contributed by atoms with Gasteiger partial charge in [-0.15, -0.1) is 0 Å². The van der Waals surface area contributed by atoms with Crippen molar-refractivity contribution >= 4 is 23.5 Å². The molecule has 2 aliphatic carbocycles. The van der Waals surface area contributed by atoms with E-state index in [2.05, 4.69) is 15.3 Å². The van der Waals surface area contributed by atoms with Crippen molar-refractivity contribution < 1.29 is 4.79 Å². The molecule has 1 heterocycles. The van der Waals surface area contributed by atoms with E-state index in [1.165, 1.54) is 6.20 Å². The molecule has 2 aliphatic rings. The van der Waals surface area contributed by atoms with Crippen LogP contribution in [0.2, 0.25) is 5.15 Å². The number of aromatic nitrogens is 2. The first-order valence-electron chi connectivity index (χ1n) is 6.20. The fraction of sp³-hybridized carbons (Fsp3) is 0.583. The number of carbonyl (C=O) groups is 1. The van der Waals surface area contributed by atoms with Crippen molar-refractivity contribution in [3.63, 3.8) is 0 Å². The van der Waals surface area contributed by atoms with Gasteiger partial charge in [-0.2, -0.15) is 0 Å². The molecule has 0 aromatic carbocycles. The van der Waals surface area contributed by atoms with Crippen LogP contribution in [0, 0.1) is 17.8 Å². The minimum absolute atomic E-state index is 0.0251. The monoisotopic (exact) mass is 266 g/mol. The highest BCUT2D eigenvalue weighted by atomic mass is 35.5. The van der Waals surface area contributed by atoms with Crippen molar-refractivity contribution in [2.24, 2.45) is 23.5 Å². The first kappa shape index (κ1) is 11.9. The van der Waals surface area contributed by atoms with Crippen LogP contribution < -0.4 is 11.1 Å². The zero-order chi connectivity index (χ0) is 12.7. The maximum atomic E-state index is 12.2. The smallest absolute Gasteiger partial charge is 0.231 e. The highest BCUT2D eigenvalue weighted by Gasteiger charge is 2.49. The standard InChI is InChI=1S/C12H15ClN4O/c13-8-3-4-15-12(16-8)17-11(18)9-6-1-2-7(5-6)10(9)14/h3-4,6-7,9-10H,1-2,5,14H2,(H,15,16,17,18). The van der Waals surface area contributed by atoms with Crippen molar-refractivity contribution in [3.05, 3.63) is 17.4 Å². The maximum absolute atomic E-state index is 12.2. The normalized spacial score (nSPS) is 33.7. The molecule has 2 fully saturated rings. The van der Waals surface area contributed by atoms with Crippen LogP contribution in [0.25, 0.3) is 0 Å². The van der Waals surface area contributed by atoms with Gasteiger partial charge >= 0.3 is 0 Å². The van der Waals surface area contributed by atoms with E-state index >= 15 is 0 Å². The Kier molecular flexibility index (Phi) is 2.95. The second-order valence-electron chi connectivity index (χ2n) is 5.13. The Labute approximate surface area is 110 Å². The van der Waals surface area contributed by atoms with Crippen LogP contribution in [0.1, 0.15) is 19.3 Å². The SMILES string of the molecule is NC1C2CCC(C2)C1C(=O)Nc1nccc(Cl)n1. The van der Waals surface area contributed by atoms with Gasteiger partial charge in [0.2, 0.25) is 11.9 Å². The molecule has 1 amide bonds. The lowest BCUT2D eigenvalue weighted by molar-refractivity contribution is -0.121. The zero-order valence-electron chi connectivity index (χ0n) is 9.84. The lowest BCUT2D eigenvalue weighted by atomic mass is 9.84. The predicted molar refractivity (Wildman–Crippen MR) is 68.0 cm³/mol. The van der Waals surface area contributed by atoms with E-state index in [1.54, 1.807) is 6.07 Å². The van der Waals surface area contributed by atoms with Gasteiger partial charge in [0.1, 0.15) is 5.15 Å². The summed E-state index contributed by atoms with van der Waals surface area (Å²) in [5.74, 6) is 1.00. The molecule has 0 aliphatic heterocycles. The van der Waals surface area contributed by atoms with Gasteiger partial charge in [-0.3, -0.25) is 10.1 Å². The molecule has 2 saturated carbocycles. The molecule has 96 valence electrons. The molecule has 3 N–H and O–H groups in total. The van der Waals surface area contributed by atoms with Gasteiger partial charge in [-0.25, -0.2) is 9.97 Å². The van der Waals surface area contributed by atoms with Crippen LogP contribution in [0.4, 0.5) is 5.95 Å². The van der Waals surface area contributed by atoms with Crippen molar-refractivity contribution in [2.75, 3.05) is 5.32 Å². The van der Waals surface area contributed by atoms with E-state index in [0.29, 0.717) is 17.0 Å². The van der Waals surface area contributed by atoms with Gasteiger partial charge < -0.3 is 5.73 Å². The molecular formula is C12H15ClN4O. The molecule has 0 spiro atoms. The minimum atomic E-state index is -0.105. The van der Waals surface area contributed by atoms with Gasteiger partial charge in [-0.05, 0) is 37.2 Å². The summed E-state index contributed by atoms with van der Waals surface area (Å²) in [5.41, 5.74) is 6.12. The van der Waals surface area contributed by atoms with Gasteiger partial charge in [0.05, 0.1) is 5.92 Å². The second-order valence-corrected chi connectivity index (χ2v) is 5.52. The number of nitrogens with two attached hydrogens (primary N) is 1. The summed E-state index contributed by atoms with van der Waals surface area (Å²) >= 11 is 5.75. The topological polar surface area (TPSA) is 80.9 Å². The van der Waals surface area contributed by atoms with Crippen LogP contribution >= 0.6 is 11.6 Å². The molecule has 4 unspecified atom stereocenters. The van der Waals surface area contributed by atoms with Gasteiger partial charge in [0.15, 0.2) is 0 Å². The van der Waals surface area contributed by atoms with Crippen LogP contribution in [-0.4, -0.2) is 21.9 Å². The van der Waals surface area contributed by atoms with E-state index < -0.39 is 0 Å². The number of amides is 1. The van der Waals surface area contributed by atoms with Crippen molar-refractivity contribution in [3.8, 4) is 0 Å². The Bertz CT molecular complexity index is 479. The number of hydrogen-bond acceptors (Lipinski definition) is 4. The second kappa shape index (κ2) is 4.48. The number of halogens is 1. The third-order valence-corrected chi connectivity index (χ3v) is 4.35. The Morgan fingerprint density at radius 1 is 1.44 bits per heavy atom. The van der Waals surface area contributed by atoms with Crippen molar-refractivity contribution in [1.82, 2.24) is 9.97 Å². The number of fused-ring (bicyclic) bond motifs is 2. The molecule has 5 nitrogen and oxygen atoms in total. The summed E-state index contributed by atoms with van der Waals surface area (Å²) in [4.78, 5) is 20.1. The van der Waals surface area contributed by atoms with E-state index in [-0.39, 0.29) is 23.8 Å². The Balaban J connectivity index is 1.72. The predicted octanol–water partition coefficient (Wildman–Crippen LogP) is 1.44. The fourth-order valence-corrected chi connectivity index (χ4v) is 3.45. The van der Waals surface area contributed by atoms with Crippen LogP contribution in [0.5, 0.6) is 0 Å². The van der Waals surface area contributed by atoms with E-state index in [0.717, 1.165) is 19.3 Å². The molecule has 0 saturated heterocycles. The third-order valence-electron chi connectivity index (χ3n) is 4.14. The third kappa shape index (κ3) is 1.97. The summed E-state index contributed by atoms with van der Waals surface area (Å²) in [7, 11) is 0. The average molecular weight is 267 g/mol. The van der Waals surface area contributed by atoms with E-state index in [9.17, 15) is 4.79 Å². The van der Waals surface area contributed by atoms with E-state index in [1.807, 2.05) is 0 Å². The molecule has 0 radical (unpaired) electrons. The maximum Gasteiger partial charge on any atom is 0.231 e. The largest absolute Gasteiger partial charge is 0.327 e. The Morgan fingerprint density at radius 2 is 2.22 bits per heavy atom. The molecule has 4 atom stereocenters. The highest BCUT2D eigenvalue weighted by Crippen LogP contribution is 2.47. The number of hydrogen-bond donors (Lipinski definition) is 2. The number of anilines is 1. The number of carbonyl (C=O) groups excluding carboxylic acids is 1. The van der Waals surface area contributed by atoms with Crippen LogP contribution in [0.3, 0.4) is 0 Å². The van der Waals surface area contributed by atoms with Crippen molar-refractivity contribution in [1.29, 1.82) is 0 Å². The Morgan fingerprint density at radius 3 is 2.89 bits per heavy atom. The molecule has 2 bridgehead atoms. The molecule has 18 heavy (non-hydrogen) atoms. The number of nitrogens with zero attached hydrogens (tertiary/aromatic N) is 2. The first-order chi connectivity index (χ1) is 8.65. The van der Waals surface area contributed by atoms with Crippen molar-refractivity contribution in [2.45, 2.75) is 25.3 Å². The Hall–Kier alpha value is -1.20. The van der Waals surface area contributed by atoms with Gasteiger partial charge in [0.25, 0.3) is 0 Å². The molecule has 6 heteroatoms. The molecule has 1 aromatic heterocycles. The summed E-state index contributed by atoms with van der Waals surface area (Å²) in [6, 6.07) is 1.54. The van der Waals surface area contributed by atoms with Gasteiger partial charge in [-0.1, -0.05) is 11.6 Å². The molecule has 1 aromatic rings. The highest BCUT2D eigenvalue weighted by molar-refractivity contribution is 6.29. The zero-order valence-corrected chi connectivity index (χ0v) is 10.6. The minimum Gasteiger partial charge on any atom is -0.327 e. The summed E-state index contributed by atoms with van der Waals surface area (Å²) in [5, 5.41) is 3.03. The van der Waals surface area contributed by atoms with Crippen LogP contribution in [-0.2, 0) is 4.79 Å². The molecular weight excluding hydrogens is 252 g/mol.